The summed E-state index contributed by atoms with van der Waals surface area (Å²) >= 11 is 5.38. The van der Waals surface area contributed by atoms with Crippen LogP contribution in [0.5, 0.6) is 0 Å². The molecule has 0 aliphatic heterocycles. The Hall–Kier alpha value is -1.93. The van der Waals surface area contributed by atoms with E-state index in [1.165, 1.54) is 6.07 Å². The summed E-state index contributed by atoms with van der Waals surface area (Å²) in [6.45, 7) is 0. The minimum absolute atomic E-state index is 0.120. The predicted octanol–water partition coefficient (Wildman–Crippen LogP) is 3.30. The average molecular weight is 245 g/mol. The summed E-state index contributed by atoms with van der Waals surface area (Å²) in [5.74, 6) is -0.120. The quantitative estimate of drug-likeness (QED) is 0.613. The van der Waals surface area contributed by atoms with E-state index in [0.29, 0.717) is 16.7 Å². The van der Waals surface area contributed by atoms with Crippen LogP contribution in [0.25, 0.3) is 0 Å². The van der Waals surface area contributed by atoms with Crippen LogP contribution in [0.3, 0.4) is 0 Å². The van der Waals surface area contributed by atoms with E-state index in [-0.39, 0.29) is 5.78 Å². The number of benzene rings is 2. The SMILES string of the molecule is O=C(Cl)c1cccc(C(=O)c2ccccc2)c1. The number of halogens is 1. The van der Waals surface area contributed by atoms with Gasteiger partial charge in [0.25, 0.3) is 5.24 Å². The molecule has 0 saturated carbocycles. The first-order chi connectivity index (χ1) is 8.18. The Bertz CT molecular complexity index is 561. The minimum Gasteiger partial charge on any atom is -0.289 e. The van der Waals surface area contributed by atoms with Crippen LogP contribution in [0.4, 0.5) is 0 Å². The number of carbonyl (C=O) groups is 2. The van der Waals surface area contributed by atoms with Crippen LogP contribution in [0.15, 0.2) is 54.6 Å². The summed E-state index contributed by atoms with van der Waals surface area (Å²) in [6, 6.07) is 15.3. The second-order valence-electron chi connectivity index (χ2n) is 3.55. The maximum atomic E-state index is 12.1. The van der Waals surface area contributed by atoms with Gasteiger partial charge < -0.3 is 0 Å². The van der Waals surface area contributed by atoms with Gasteiger partial charge in [-0.3, -0.25) is 9.59 Å². The van der Waals surface area contributed by atoms with Crippen molar-refractivity contribution in [2.45, 2.75) is 0 Å². The number of hydrogen-bond acceptors (Lipinski definition) is 2. The van der Waals surface area contributed by atoms with E-state index in [9.17, 15) is 9.59 Å². The molecule has 0 amide bonds. The van der Waals surface area contributed by atoms with Crippen molar-refractivity contribution in [2.75, 3.05) is 0 Å². The molecule has 0 unspecified atom stereocenters. The third-order valence-electron chi connectivity index (χ3n) is 2.39. The lowest BCUT2D eigenvalue weighted by Crippen LogP contribution is -2.02. The Morgan fingerprint density at radius 2 is 1.35 bits per heavy atom. The highest BCUT2D eigenvalue weighted by Gasteiger charge is 2.10. The van der Waals surface area contributed by atoms with E-state index in [4.69, 9.17) is 11.6 Å². The fraction of sp³-hybridized carbons (Fsp3) is 0. The highest BCUT2D eigenvalue weighted by atomic mass is 35.5. The Labute approximate surface area is 104 Å². The molecule has 2 nitrogen and oxygen atoms in total. The molecule has 0 fully saturated rings. The molecule has 0 aromatic heterocycles. The van der Waals surface area contributed by atoms with Gasteiger partial charge in [0, 0.05) is 16.7 Å². The van der Waals surface area contributed by atoms with Crippen LogP contribution in [0, 0.1) is 0 Å². The molecule has 0 bridgehead atoms. The van der Waals surface area contributed by atoms with Crippen molar-refractivity contribution in [1.29, 1.82) is 0 Å². The van der Waals surface area contributed by atoms with E-state index in [1.54, 1.807) is 42.5 Å². The first-order valence-corrected chi connectivity index (χ1v) is 5.46. The summed E-state index contributed by atoms with van der Waals surface area (Å²) in [5, 5.41) is -0.562. The van der Waals surface area contributed by atoms with Crippen molar-refractivity contribution in [3.63, 3.8) is 0 Å². The molecule has 2 rings (SSSR count). The van der Waals surface area contributed by atoms with Crippen molar-refractivity contribution in [1.82, 2.24) is 0 Å². The largest absolute Gasteiger partial charge is 0.289 e. The summed E-state index contributed by atoms with van der Waals surface area (Å²) in [6.07, 6.45) is 0. The van der Waals surface area contributed by atoms with Crippen molar-refractivity contribution in [2.24, 2.45) is 0 Å². The molecule has 0 aliphatic rings. The molecule has 0 radical (unpaired) electrons. The van der Waals surface area contributed by atoms with Gasteiger partial charge in [0.05, 0.1) is 0 Å². The lowest BCUT2D eigenvalue weighted by molar-refractivity contribution is 0.103. The maximum Gasteiger partial charge on any atom is 0.252 e. The number of hydrogen-bond donors (Lipinski definition) is 0. The predicted molar refractivity (Wildman–Crippen MR) is 66.5 cm³/mol. The van der Waals surface area contributed by atoms with Gasteiger partial charge in [0.15, 0.2) is 5.78 Å². The van der Waals surface area contributed by atoms with E-state index >= 15 is 0 Å². The molecule has 0 atom stereocenters. The second kappa shape index (κ2) is 4.93. The van der Waals surface area contributed by atoms with Crippen molar-refractivity contribution >= 4 is 22.6 Å². The van der Waals surface area contributed by atoms with Gasteiger partial charge in [0.2, 0.25) is 0 Å². The highest BCUT2D eigenvalue weighted by Crippen LogP contribution is 2.13. The van der Waals surface area contributed by atoms with Crippen LogP contribution < -0.4 is 0 Å². The van der Waals surface area contributed by atoms with Crippen LogP contribution in [0.1, 0.15) is 26.3 Å². The molecule has 0 spiro atoms. The Kier molecular flexibility index (Phi) is 3.35. The average Bonchev–Trinajstić information content (AvgIpc) is 2.39. The first-order valence-electron chi connectivity index (χ1n) is 5.08. The normalized spacial score (nSPS) is 9.94. The fourth-order valence-corrected chi connectivity index (χ4v) is 1.66. The zero-order chi connectivity index (χ0) is 12.3. The summed E-state index contributed by atoms with van der Waals surface area (Å²) in [5.41, 5.74) is 1.38. The molecule has 3 heteroatoms. The Morgan fingerprint density at radius 3 is 2.00 bits per heavy atom. The maximum absolute atomic E-state index is 12.1. The lowest BCUT2D eigenvalue weighted by atomic mass is 10.0. The molecule has 0 aliphatic carbocycles. The fourth-order valence-electron chi connectivity index (χ4n) is 1.54. The molecular weight excluding hydrogens is 236 g/mol. The van der Waals surface area contributed by atoms with Crippen LogP contribution in [-0.2, 0) is 0 Å². The topological polar surface area (TPSA) is 34.1 Å². The van der Waals surface area contributed by atoms with Crippen molar-refractivity contribution in [3.8, 4) is 0 Å². The van der Waals surface area contributed by atoms with Crippen LogP contribution in [0.2, 0.25) is 0 Å². The van der Waals surface area contributed by atoms with Gasteiger partial charge in [-0.25, -0.2) is 0 Å². The van der Waals surface area contributed by atoms with Crippen LogP contribution in [-0.4, -0.2) is 11.0 Å². The van der Waals surface area contributed by atoms with E-state index < -0.39 is 5.24 Å². The molecule has 84 valence electrons. The van der Waals surface area contributed by atoms with E-state index in [0.717, 1.165) is 0 Å². The number of rotatable bonds is 3. The molecular formula is C14H9ClO2. The van der Waals surface area contributed by atoms with Crippen molar-refractivity contribution < 1.29 is 9.59 Å². The first kappa shape index (κ1) is 11.6. The summed E-state index contributed by atoms with van der Waals surface area (Å²) in [4.78, 5) is 23.1. The monoisotopic (exact) mass is 244 g/mol. The van der Waals surface area contributed by atoms with Crippen LogP contribution >= 0.6 is 11.6 Å². The van der Waals surface area contributed by atoms with Gasteiger partial charge in [0.1, 0.15) is 0 Å². The molecule has 2 aromatic rings. The smallest absolute Gasteiger partial charge is 0.252 e. The molecule has 0 N–H and O–H groups in total. The highest BCUT2D eigenvalue weighted by molar-refractivity contribution is 6.67. The molecule has 2 aromatic carbocycles. The number of carbonyl (C=O) groups excluding carboxylic acids is 2. The second-order valence-corrected chi connectivity index (χ2v) is 3.89. The van der Waals surface area contributed by atoms with Gasteiger partial charge in [-0.1, -0.05) is 48.5 Å². The van der Waals surface area contributed by atoms with Gasteiger partial charge in [-0.2, -0.15) is 0 Å². The number of ketones is 1. The van der Waals surface area contributed by atoms with Gasteiger partial charge in [-0.05, 0) is 17.7 Å². The summed E-state index contributed by atoms with van der Waals surface area (Å²) in [7, 11) is 0. The third kappa shape index (κ3) is 2.60. The zero-order valence-corrected chi connectivity index (χ0v) is 9.65. The standard InChI is InChI=1S/C14H9ClO2/c15-14(17)12-8-4-7-11(9-12)13(16)10-5-2-1-3-6-10/h1-9H. The molecule has 17 heavy (non-hydrogen) atoms. The Balaban J connectivity index is 2.38. The van der Waals surface area contributed by atoms with Gasteiger partial charge >= 0.3 is 0 Å². The van der Waals surface area contributed by atoms with E-state index in [1.807, 2.05) is 6.07 Å². The minimum atomic E-state index is -0.562. The zero-order valence-electron chi connectivity index (χ0n) is 8.89. The van der Waals surface area contributed by atoms with Gasteiger partial charge in [-0.15, -0.1) is 0 Å². The lowest BCUT2D eigenvalue weighted by Gasteiger charge is -2.02. The Morgan fingerprint density at radius 1 is 0.765 bits per heavy atom. The summed E-state index contributed by atoms with van der Waals surface area (Å²) < 4.78 is 0. The van der Waals surface area contributed by atoms with Crippen molar-refractivity contribution in [3.05, 3.63) is 71.3 Å². The van der Waals surface area contributed by atoms with E-state index in [2.05, 4.69) is 0 Å². The third-order valence-corrected chi connectivity index (χ3v) is 2.61. The molecule has 0 saturated heterocycles. The molecule has 0 heterocycles.